The van der Waals surface area contributed by atoms with Crippen LogP contribution in [0.1, 0.15) is 37.4 Å². The third-order valence-corrected chi connectivity index (χ3v) is 5.10. The Morgan fingerprint density at radius 1 is 0.852 bits per heavy atom. The molecular formula is C22H12Cl2O3. The first-order valence-electron chi connectivity index (χ1n) is 8.15. The molecular weight excluding hydrogens is 383 g/mol. The molecule has 1 N–H and O–H groups in total. The van der Waals surface area contributed by atoms with Gasteiger partial charge in [-0.3, -0.25) is 9.59 Å². The molecule has 3 aromatic carbocycles. The number of halogens is 2. The molecule has 0 aromatic heterocycles. The third kappa shape index (κ3) is 2.95. The van der Waals surface area contributed by atoms with Gasteiger partial charge in [0.2, 0.25) is 0 Å². The van der Waals surface area contributed by atoms with E-state index < -0.39 is 0 Å². The first-order valence-corrected chi connectivity index (χ1v) is 8.90. The predicted molar refractivity (Wildman–Crippen MR) is 106 cm³/mol. The molecule has 0 amide bonds. The summed E-state index contributed by atoms with van der Waals surface area (Å²) in [5, 5.41) is 10.3. The second-order valence-electron chi connectivity index (χ2n) is 6.13. The minimum Gasteiger partial charge on any atom is -0.508 e. The Hall–Kier alpha value is -2.88. The summed E-state index contributed by atoms with van der Waals surface area (Å²) in [6.07, 6.45) is 1.43. The Balaban J connectivity index is 1.99. The highest BCUT2D eigenvalue weighted by molar-refractivity contribution is 6.40. The van der Waals surface area contributed by atoms with Gasteiger partial charge in [0, 0.05) is 21.7 Å². The summed E-state index contributed by atoms with van der Waals surface area (Å²) in [6, 6.07) is 16.3. The lowest BCUT2D eigenvalue weighted by atomic mass is 9.80. The van der Waals surface area contributed by atoms with Crippen molar-refractivity contribution in [2.75, 3.05) is 0 Å². The Labute approximate surface area is 165 Å². The van der Waals surface area contributed by atoms with Crippen molar-refractivity contribution in [1.82, 2.24) is 0 Å². The van der Waals surface area contributed by atoms with E-state index in [9.17, 15) is 14.7 Å². The van der Waals surface area contributed by atoms with Gasteiger partial charge >= 0.3 is 0 Å². The molecule has 0 unspecified atom stereocenters. The molecule has 0 saturated heterocycles. The van der Waals surface area contributed by atoms with E-state index in [-0.39, 0.29) is 27.9 Å². The first-order chi connectivity index (χ1) is 13.0. The zero-order valence-electron chi connectivity index (χ0n) is 13.9. The Bertz CT molecular complexity index is 1150. The number of carbonyl (C=O) groups excluding carboxylic acids is 2. The topological polar surface area (TPSA) is 54.4 Å². The van der Waals surface area contributed by atoms with E-state index in [4.69, 9.17) is 23.2 Å². The summed E-state index contributed by atoms with van der Waals surface area (Å²) >= 11 is 12.7. The van der Waals surface area contributed by atoms with Gasteiger partial charge < -0.3 is 5.11 Å². The fourth-order valence-corrected chi connectivity index (χ4v) is 3.75. The van der Waals surface area contributed by atoms with Gasteiger partial charge in [-0.1, -0.05) is 59.6 Å². The number of hydrogen-bond donors (Lipinski definition) is 1. The van der Waals surface area contributed by atoms with Crippen molar-refractivity contribution in [3.8, 4) is 5.75 Å². The van der Waals surface area contributed by atoms with Crippen LogP contribution >= 0.6 is 23.2 Å². The van der Waals surface area contributed by atoms with Crippen LogP contribution in [0.2, 0.25) is 10.0 Å². The van der Waals surface area contributed by atoms with Crippen LogP contribution in [0, 0.1) is 0 Å². The molecule has 0 saturated carbocycles. The van der Waals surface area contributed by atoms with Crippen molar-refractivity contribution in [1.29, 1.82) is 0 Å². The molecule has 4 rings (SSSR count). The fourth-order valence-electron chi connectivity index (χ4n) is 3.25. The van der Waals surface area contributed by atoms with Crippen molar-refractivity contribution >= 4 is 40.3 Å². The molecule has 132 valence electrons. The van der Waals surface area contributed by atoms with Crippen LogP contribution < -0.4 is 0 Å². The van der Waals surface area contributed by atoms with Crippen molar-refractivity contribution in [3.63, 3.8) is 0 Å². The molecule has 0 radical (unpaired) electrons. The minimum atomic E-state index is -0.313. The van der Waals surface area contributed by atoms with Gasteiger partial charge in [-0.25, -0.2) is 0 Å². The molecule has 0 bridgehead atoms. The zero-order valence-corrected chi connectivity index (χ0v) is 15.4. The molecule has 3 nitrogen and oxygen atoms in total. The lowest BCUT2D eigenvalue weighted by Gasteiger charge is -2.23. The number of hydrogen-bond acceptors (Lipinski definition) is 3. The highest BCUT2D eigenvalue weighted by Crippen LogP contribution is 2.42. The molecule has 0 heterocycles. The summed E-state index contributed by atoms with van der Waals surface area (Å²) in [6.45, 7) is 0. The molecule has 3 aromatic rings. The smallest absolute Gasteiger partial charge is 0.195 e. The maximum Gasteiger partial charge on any atom is 0.195 e. The van der Waals surface area contributed by atoms with Crippen molar-refractivity contribution < 1.29 is 14.7 Å². The number of carbonyl (C=O) groups is 2. The zero-order chi connectivity index (χ0) is 19.1. The van der Waals surface area contributed by atoms with E-state index in [1.807, 2.05) is 0 Å². The SMILES string of the molecule is O=C(C=C1c2ccccc2C(=O)c2c(Cl)ccc(Cl)c21)c1cccc(O)c1. The van der Waals surface area contributed by atoms with Gasteiger partial charge in [0.1, 0.15) is 5.75 Å². The van der Waals surface area contributed by atoms with Crippen molar-refractivity contribution in [2.45, 2.75) is 0 Å². The molecule has 0 atom stereocenters. The highest BCUT2D eigenvalue weighted by atomic mass is 35.5. The molecule has 0 fully saturated rings. The predicted octanol–water partition coefficient (Wildman–Crippen LogP) is 5.56. The van der Waals surface area contributed by atoms with Crippen molar-refractivity contribution in [2.24, 2.45) is 0 Å². The standard InChI is InChI=1S/C22H12Cl2O3/c23-17-8-9-18(24)21-20(17)16(14-6-1-2-7-15(14)22(21)27)11-19(26)12-4-3-5-13(25)10-12/h1-11,25H. The van der Waals surface area contributed by atoms with E-state index in [1.165, 1.54) is 18.2 Å². The fraction of sp³-hybridized carbons (Fsp3) is 0. The summed E-state index contributed by atoms with van der Waals surface area (Å²) in [5.41, 5.74) is 2.67. The maximum absolute atomic E-state index is 12.9. The van der Waals surface area contributed by atoms with Gasteiger partial charge in [-0.15, -0.1) is 0 Å². The summed E-state index contributed by atoms with van der Waals surface area (Å²) in [7, 11) is 0. The number of benzene rings is 3. The second-order valence-corrected chi connectivity index (χ2v) is 6.94. The lowest BCUT2D eigenvalue weighted by molar-refractivity contribution is 0.103. The first kappa shape index (κ1) is 17.5. The van der Waals surface area contributed by atoms with Gasteiger partial charge in [-0.05, 0) is 41.5 Å². The molecule has 1 aliphatic rings. The van der Waals surface area contributed by atoms with E-state index in [0.29, 0.717) is 32.8 Å². The number of rotatable bonds is 2. The van der Waals surface area contributed by atoms with Crippen LogP contribution in [-0.4, -0.2) is 16.7 Å². The average molecular weight is 395 g/mol. The van der Waals surface area contributed by atoms with Crippen molar-refractivity contribution in [3.05, 3.63) is 105 Å². The van der Waals surface area contributed by atoms with Gasteiger partial charge in [-0.2, -0.15) is 0 Å². The summed E-state index contributed by atoms with van der Waals surface area (Å²) < 4.78 is 0. The molecule has 27 heavy (non-hydrogen) atoms. The molecule has 0 spiro atoms. The third-order valence-electron chi connectivity index (χ3n) is 4.47. The molecule has 5 heteroatoms. The Morgan fingerprint density at radius 3 is 2.22 bits per heavy atom. The summed E-state index contributed by atoms with van der Waals surface area (Å²) in [5.74, 6) is -0.540. The van der Waals surface area contributed by atoms with Gasteiger partial charge in [0.05, 0.1) is 10.6 Å². The lowest BCUT2D eigenvalue weighted by Crippen LogP contribution is -2.16. The number of phenolic OH excluding ortho intramolecular Hbond substituents is 1. The number of ketones is 2. The van der Waals surface area contributed by atoms with Gasteiger partial charge in [0.25, 0.3) is 0 Å². The average Bonchev–Trinajstić information content (AvgIpc) is 2.67. The molecule has 1 aliphatic carbocycles. The minimum absolute atomic E-state index is 0.0000472. The number of fused-ring (bicyclic) bond motifs is 2. The summed E-state index contributed by atoms with van der Waals surface area (Å²) in [4.78, 5) is 25.8. The van der Waals surface area contributed by atoms with Crippen LogP contribution in [0.5, 0.6) is 5.75 Å². The van der Waals surface area contributed by atoms with E-state index >= 15 is 0 Å². The van der Waals surface area contributed by atoms with Crippen LogP contribution in [0.25, 0.3) is 5.57 Å². The number of aromatic hydroxyl groups is 1. The molecule has 0 aliphatic heterocycles. The number of phenols is 1. The Kier molecular flexibility index (Phi) is 4.34. The quantitative estimate of drug-likeness (QED) is 0.357. The number of allylic oxidation sites excluding steroid dienone is 1. The van der Waals surface area contributed by atoms with Crippen LogP contribution in [0.3, 0.4) is 0 Å². The van der Waals surface area contributed by atoms with Crippen LogP contribution in [0.15, 0.2) is 66.7 Å². The van der Waals surface area contributed by atoms with Crippen LogP contribution in [0.4, 0.5) is 0 Å². The normalized spacial score (nSPS) is 14.0. The monoisotopic (exact) mass is 394 g/mol. The largest absolute Gasteiger partial charge is 0.508 e. The van der Waals surface area contributed by atoms with E-state index in [0.717, 1.165) is 0 Å². The van der Waals surface area contributed by atoms with Gasteiger partial charge in [0.15, 0.2) is 11.6 Å². The maximum atomic E-state index is 12.9. The van der Waals surface area contributed by atoms with Crippen LogP contribution in [-0.2, 0) is 0 Å². The Morgan fingerprint density at radius 2 is 1.52 bits per heavy atom. The highest BCUT2D eigenvalue weighted by Gasteiger charge is 2.31. The second kappa shape index (κ2) is 6.69. The van der Waals surface area contributed by atoms with E-state index in [1.54, 1.807) is 48.5 Å². The van der Waals surface area contributed by atoms with E-state index in [2.05, 4.69) is 0 Å².